The van der Waals surface area contributed by atoms with E-state index in [2.05, 4.69) is 10.6 Å². The summed E-state index contributed by atoms with van der Waals surface area (Å²) in [6, 6.07) is 6.80. The third-order valence-corrected chi connectivity index (χ3v) is 3.10. The number of nitroso groups, excluding NO2 is 1. The Bertz CT molecular complexity index is 456. The van der Waals surface area contributed by atoms with E-state index < -0.39 is 6.04 Å². The molecule has 1 atom stereocenters. The summed E-state index contributed by atoms with van der Waals surface area (Å²) in [6.45, 7) is 0. The Morgan fingerprint density at radius 1 is 1.31 bits per heavy atom. The van der Waals surface area contributed by atoms with Gasteiger partial charge in [0.1, 0.15) is 6.04 Å². The second-order valence-corrected chi connectivity index (χ2v) is 4.21. The maximum atomic E-state index is 11.9. The molecule has 2 aliphatic rings. The average Bonchev–Trinajstić information content (AvgIpc) is 3.11. The zero-order valence-corrected chi connectivity index (χ0v) is 8.59. The van der Waals surface area contributed by atoms with E-state index in [-0.39, 0.29) is 11.8 Å². The molecular formula is C11H11N3O2. The molecule has 1 saturated carbocycles. The molecule has 1 heterocycles. The molecule has 0 aromatic heterocycles. The number of carbonyl (C=O) groups is 1. The normalized spacial score (nSPS) is 23.6. The SMILES string of the molecule is O=NN1c2ccccc2NC(=O)C1C1CC1. The standard InChI is InChI=1S/C11H11N3O2/c15-11-10(7-5-6-7)14(13-16)9-4-2-1-3-8(9)12-11/h1-4,7,10H,5-6H2,(H,12,15). The Morgan fingerprint density at radius 2 is 2.06 bits per heavy atom. The Labute approximate surface area is 92.4 Å². The van der Waals surface area contributed by atoms with Gasteiger partial charge in [-0.2, -0.15) is 0 Å². The Kier molecular flexibility index (Phi) is 1.92. The number of carbonyl (C=O) groups excluding carboxylic acids is 1. The van der Waals surface area contributed by atoms with Gasteiger partial charge < -0.3 is 5.32 Å². The molecule has 1 aromatic rings. The Morgan fingerprint density at radius 3 is 2.75 bits per heavy atom. The van der Waals surface area contributed by atoms with Crippen LogP contribution in [0.2, 0.25) is 0 Å². The van der Waals surface area contributed by atoms with Gasteiger partial charge in [0.15, 0.2) is 0 Å². The van der Waals surface area contributed by atoms with Gasteiger partial charge >= 0.3 is 0 Å². The zero-order valence-electron chi connectivity index (χ0n) is 8.59. The fourth-order valence-corrected chi connectivity index (χ4v) is 2.17. The second kappa shape index (κ2) is 3.30. The van der Waals surface area contributed by atoms with Gasteiger partial charge in [-0.05, 0) is 30.9 Å². The van der Waals surface area contributed by atoms with Crippen LogP contribution in [0, 0.1) is 10.8 Å². The summed E-state index contributed by atoms with van der Waals surface area (Å²) in [7, 11) is 0. The molecule has 0 spiro atoms. The average molecular weight is 217 g/mol. The molecule has 5 nitrogen and oxygen atoms in total. The van der Waals surface area contributed by atoms with Crippen LogP contribution in [0.1, 0.15) is 12.8 Å². The first-order valence-corrected chi connectivity index (χ1v) is 5.33. The second-order valence-electron chi connectivity index (χ2n) is 4.21. The quantitative estimate of drug-likeness (QED) is 0.769. The summed E-state index contributed by atoms with van der Waals surface area (Å²) in [6.07, 6.45) is 1.98. The fraction of sp³-hybridized carbons (Fsp3) is 0.364. The van der Waals surface area contributed by atoms with Gasteiger partial charge in [-0.25, -0.2) is 5.01 Å². The van der Waals surface area contributed by atoms with Gasteiger partial charge in [-0.15, -0.1) is 4.91 Å². The highest BCUT2D eigenvalue weighted by molar-refractivity contribution is 6.03. The predicted octanol–water partition coefficient (Wildman–Crippen LogP) is 1.91. The van der Waals surface area contributed by atoms with E-state index in [1.807, 2.05) is 12.1 Å². The van der Waals surface area contributed by atoms with Crippen LogP contribution in [0.3, 0.4) is 0 Å². The van der Waals surface area contributed by atoms with Crippen molar-refractivity contribution in [1.82, 2.24) is 0 Å². The molecule has 16 heavy (non-hydrogen) atoms. The van der Waals surface area contributed by atoms with Crippen LogP contribution >= 0.6 is 0 Å². The monoisotopic (exact) mass is 217 g/mol. The summed E-state index contributed by atoms with van der Waals surface area (Å²) in [5, 5.41) is 7.13. The smallest absolute Gasteiger partial charge is 0.249 e. The third-order valence-electron chi connectivity index (χ3n) is 3.10. The number of fused-ring (bicyclic) bond motifs is 1. The Hall–Kier alpha value is -1.91. The van der Waals surface area contributed by atoms with E-state index in [0.717, 1.165) is 12.8 Å². The molecule has 0 radical (unpaired) electrons. The number of para-hydroxylation sites is 2. The molecule has 1 aliphatic carbocycles. The van der Waals surface area contributed by atoms with Crippen molar-refractivity contribution in [2.24, 2.45) is 11.2 Å². The lowest BCUT2D eigenvalue weighted by Crippen LogP contribution is -2.46. The molecule has 5 heteroatoms. The first kappa shape index (κ1) is 9.33. The van der Waals surface area contributed by atoms with Crippen molar-refractivity contribution >= 4 is 17.3 Å². The highest BCUT2D eigenvalue weighted by atomic mass is 16.3. The molecule has 0 bridgehead atoms. The number of hydrogen-bond acceptors (Lipinski definition) is 3. The lowest BCUT2D eigenvalue weighted by molar-refractivity contribution is -0.118. The van der Waals surface area contributed by atoms with E-state index in [0.29, 0.717) is 11.4 Å². The van der Waals surface area contributed by atoms with Crippen molar-refractivity contribution in [3.05, 3.63) is 29.2 Å². The number of nitrogens with one attached hydrogen (secondary N) is 1. The molecule has 1 N–H and O–H groups in total. The van der Waals surface area contributed by atoms with Gasteiger partial charge in [0.05, 0.1) is 16.7 Å². The largest absolute Gasteiger partial charge is 0.322 e. The summed E-state index contributed by atoms with van der Waals surface area (Å²) in [4.78, 5) is 22.8. The van der Waals surface area contributed by atoms with E-state index in [1.54, 1.807) is 12.1 Å². The summed E-state index contributed by atoms with van der Waals surface area (Å²) in [5.41, 5.74) is 1.35. The highest BCUT2D eigenvalue weighted by Crippen LogP contribution is 2.42. The van der Waals surface area contributed by atoms with Crippen molar-refractivity contribution in [3.63, 3.8) is 0 Å². The molecule has 1 fully saturated rings. The van der Waals surface area contributed by atoms with E-state index >= 15 is 0 Å². The number of nitrogens with zero attached hydrogens (tertiary/aromatic N) is 2. The predicted molar refractivity (Wildman–Crippen MR) is 59.9 cm³/mol. The molecular weight excluding hydrogens is 206 g/mol. The first-order chi connectivity index (χ1) is 7.81. The van der Waals surface area contributed by atoms with Crippen LogP contribution in [0.15, 0.2) is 29.6 Å². The number of rotatable bonds is 2. The van der Waals surface area contributed by atoms with Gasteiger partial charge in [0, 0.05) is 0 Å². The number of amides is 1. The molecule has 1 amide bonds. The van der Waals surface area contributed by atoms with Crippen molar-refractivity contribution in [2.75, 3.05) is 10.3 Å². The van der Waals surface area contributed by atoms with Crippen LogP contribution < -0.4 is 10.3 Å². The number of anilines is 2. The zero-order chi connectivity index (χ0) is 11.1. The maximum Gasteiger partial charge on any atom is 0.249 e. The third kappa shape index (κ3) is 1.28. The van der Waals surface area contributed by atoms with Crippen LogP contribution in [0.25, 0.3) is 0 Å². The van der Waals surface area contributed by atoms with Gasteiger partial charge in [0.2, 0.25) is 5.91 Å². The minimum atomic E-state index is -0.424. The van der Waals surface area contributed by atoms with Gasteiger partial charge in [-0.1, -0.05) is 12.1 Å². The Balaban J connectivity index is 2.06. The topological polar surface area (TPSA) is 61.8 Å². The van der Waals surface area contributed by atoms with Crippen molar-refractivity contribution in [1.29, 1.82) is 0 Å². The van der Waals surface area contributed by atoms with E-state index in [9.17, 15) is 9.70 Å². The molecule has 1 unspecified atom stereocenters. The summed E-state index contributed by atoms with van der Waals surface area (Å²) >= 11 is 0. The highest BCUT2D eigenvalue weighted by Gasteiger charge is 2.44. The molecule has 82 valence electrons. The number of benzene rings is 1. The van der Waals surface area contributed by atoms with Gasteiger partial charge in [0.25, 0.3) is 0 Å². The first-order valence-electron chi connectivity index (χ1n) is 5.33. The summed E-state index contributed by atoms with van der Waals surface area (Å²) in [5.74, 6) is 0.145. The minimum Gasteiger partial charge on any atom is -0.322 e. The fourth-order valence-electron chi connectivity index (χ4n) is 2.17. The molecule has 1 aliphatic heterocycles. The minimum absolute atomic E-state index is 0.124. The molecule has 3 rings (SSSR count). The van der Waals surface area contributed by atoms with Crippen LogP contribution in [-0.4, -0.2) is 11.9 Å². The van der Waals surface area contributed by atoms with E-state index in [1.165, 1.54) is 5.01 Å². The molecule has 1 aromatic carbocycles. The van der Waals surface area contributed by atoms with Crippen LogP contribution in [0.4, 0.5) is 11.4 Å². The van der Waals surface area contributed by atoms with Crippen molar-refractivity contribution in [3.8, 4) is 0 Å². The van der Waals surface area contributed by atoms with Crippen LogP contribution in [0.5, 0.6) is 0 Å². The van der Waals surface area contributed by atoms with Crippen molar-refractivity contribution < 1.29 is 4.79 Å². The molecule has 0 saturated heterocycles. The maximum absolute atomic E-state index is 11.9. The lowest BCUT2D eigenvalue weighted by Gasteiger charge is -2.31. The van der Waals surface area contributed by atoms with Crippen LogP contribution in [-0.2, 0) is 4.79 Å². The lowest BCUT2D eigenvalue weighted by atomic mass is 10.1. The van der Waals surface area contributed by atoms with E-state index in [4.69, 9.17) is 0 Å². The summed E-state index contributed by atoms with van der Waals surface area (Å²) < 4.78 is 0. The van der Waals surface area contributed by atoms with Crippen molar-refractivity contribution in [2.45, 2.75) is 18.9 Å². The number of hydrogen-bond donors (Lipinski definition) is 1. The van der Waals surface area contributed by atoms with Gasteiger partial charge in [-0.3, -0.25) is 4.79 Å².